The summed E-state index contributed by atoms with van der Waals surface area (Å²) < 4.78 is 0. The molecule has 0 saturated carbocycles. The molecule has 0 atom stereocenters. The monoisotopic (exact) mass is 347 g/mol. The minimum atomic E-state index is 0.699. The highest BCUT2D eigenvalue weighted by Gasteiger charge is 2.09. The summed E-state index contributed by atoms with van der Waals surface area (Å²) in [6, 6.07) is 12.4. The van der Waals surface area contributed by atoms with E-state index in [1.54, 1.807) is 12.4 Å². The summed E-state index contributed by atoms with van der Waals surface area (Å²) in [6.45, 7) is 6.96. The van der Waals surface area contributed by atoms with Gasteiger partial charge >= 0.3 is 0 Å². The zero-order chi connectivity index (χ0) is 18.4. The molecular weight excluding hydrogens is 322 g/mol. The number of hydrogen-bond acceptors (Lipinski definition) is 5. The van der Waals surface area contributed by atoms with Crippen LogP contribution in [-0.2, 0) is 19.4 Å². The molecule has 0 radical (unpaired) electrons. The highest BCUT2D eigenvalue weighted by Crippen LogP contribution is 2.26. The zero-order valence-corrected chi connectivity index (χ0v) is 15.6. The average Bonchev–Trinajstić information content (AvgIpc) is 2.67. The number of nitrogens with zero attached hydrogens (tertiary/aromatic N) is 3. The normalized spacial score (nSPS) is 10.6. The van der Waals surface area contributed by atoms with Crippen LogP contribution in [0.5, 0.6) is 0 Å². The highest BCUT2D eigenvalue weighted by molar-refractivity contribution is 5.66. The lowest BCUT2D eigenvalue weighted by molar-refractivity contribution is 1.02. The molecule has 3 rings (SSSR count). The lowest BCUT2D eigenvalue weighted by Crippen LogP contribution is -2.06. The Bertz CT molecular complexity index is 839. The quantitative estimate of drug-likeness (QED) is 0.651. The highest BCUT2D eigenvalue weighted by atomic mass is 15.1. The zero-order valence-electron chi connectivity index (χ0n) is 15.6. The van der Waals surface area contributed by atoms with E-state index in [9.17, 15) is 0 Å². The van der Waals surface area contributed by atoms with Gasteiger partial charge in [0.15, 0.2) is 0 Å². The van der Waals surface area contributed by atoms with Gasteiger partial charge in [0.1, 0.15) is 17.5 Å². The number of anilines is 3. The SMILES string of the molecule is CCc1cccc(CC)c1Nc1cc(NCc2ccncc2)nc(C)n1. The second-order valence-corrected chi connectivity index (χ2v) is 6.18. The topological polar surface area (TPSA) is 62.7 Å². The minimum Gasteiger partial charge on any atom is -0.366 e. The Morgan fingerprint density at radius 3 is 2.19 bits per heavy atom. The van der Waals surface area contributed by atoms with Crippen molar-refractivity contribution in [2.45, 2.75) is 40.2 Å². The summed E-state index contributed by atoms with van der Waals surface area (Å²) in [4.78, 5) is 13.1. The van der Waals surface area contributed by atoms with Gasteiger partial charge in [-0.25, -0.2) is 9.97 Å². The van der Waals surface area contributed by atoms with E-state index in [0.29, 0.717) is 6.54 Å². The average molecular weight is 347 g/mol. The summed E-state index contributed by atoms with van der Waals surface area (Å²) in [6.07, 6.45) is 5.55. The summed E-state index contributed by atoms with van der Waals surface area (Å²) in [5.74, 6) is 2.36. The number of benzene rings is 1. The van der Waals surface area contributed by atoms with Gasteiger partial charge in [0, 0.05) is 30.7 Å². The van der Waals surface area contributed by atoms with Gasteiger partial charge in [-0.2, -0.15) is 0 Å². The van der Waals surface area contributed by atoms with Crippen molar-refractivity contribution in [3.05, 3.63) is 71.3 Å². The number of aromatic nitrogens is 3. The van der Waals surface area contributed by atoms with Crippen LogP contribution in [0.25, 0.3) is 0 Å². The number of nitrogens with one attached hydrogen (secondary N) is 2. The number of para-hydroxylation sites is 1. The fourth-order valence-corrected chi connectivity index (χ4v) is 2.95. The number of aryl methyl sites for hydroxylation is 3. The molecule has 5 heteroatoms. The Kier molecular flexibility index (Phi) is 5.79. The Balaban J connectivity index is 1.82. The lowest BCUT2D eigenvalue weighted by Gasteiger charge is -2.16. The van der Waals surface area contributed by atoms with Crippen LogP contribution < -0.4 is 10.6 Å². The predicted molar refractivity (Wildman–Crippen MR) is 107 cm³/mol. The van der Waals surface area contributed by atoms with Gasteiger partial charge < -0.3 is 10.6 Å². The van der Waals surface area contributed by atoms with Crippen molar-refractivity contribution in [2.24, 2.45) is 0 Å². The molecule has 0 amide bonds. The van der Waals surface area contributed by atoms with E-state index in [0.717, 1.165) is 41.6 Å². The summed E-state index contributed by atoms with van der Waals surface area (Å²) in [7, 11) is 0. The maximum absolute atomic E-state index is 4.56. The van der Waals surface area contributed by atoms with Gasteiger partial charge in [0.2, 0.25) is 0 Å². The number of hydrogen-bond donors (Lipinski definition) is 2. The largest absolute Gasteiger partial charge is 0.366 e. The smallest absolute Gasteiger partial charge is 0.136 e. The molecule has 3 aromatic rings. The molecule has 0 unspecified atom stereocenters. The molecule has 0 fully saturated rings. The van der Waals surface area contributed by atoms with Crippen molar-refractivity contribution in [3.63, 3.8) is 0 Å². The first-order valence-corrected chi connectivity index (χ1v) is 9.05. The van der Waals surface area contributed by atoms with Crippen molar-refractivity contribution in [1.29, 1.82) is 0 Å². The molecule has 5 nitrogen and oxygen atoms in total. The van der Waals surface area contributed by atoms with E-state index < -0.39 is 0 Å². The summed E-state index contributed by atoms with van der Waals surface area (Å²) in [5, 5.41) is 6.89. The van der Waals surface area contributed by atoms with Crippen LogP contribution in [0.3, 0.4) is 0 Å². The first kappa shape index (κ1) is 17.9. The van der Waals surface area contributed by atoms with Gasteiger partial charge in [-0.1, -0.05) is 32.0 Å². The fourth-order valence-electron chi connectivity index (χ4n) is 2.95. The molecular formula is C21H25N5. The Labute approximate surface area is 154 Å². The summed E-state index contributed by atoms with van der Waals surface area (Å²) in [5.41, 5.74) is 4.92. The second kappa shape index (κ2) is 8.43. The Morgan fingerprint density at radius 2 is 1.54 bits per heavy atom. The third-order valence-electron chi connectivity index (χ3n) is 4.31. The van der Waals surface area contributed by atoms with Crippen LogP contribution in [0.1, 0.15) is 36.4 Å². The molecule has 0 saturated heterocycles. The van der Waals surface area contributed by atoms with Crippen LogP contribution in [0, 0.1) is 6.92 Å². The van der Waals surface area contributed by atoms with Crippen LogP contribution in [0.4, 0.5) is 17.3 Å². The number of pyridine rings is 1. The van der Waals surface area contributed by atoms with Gasteiger partial charge in [-0.3, -0.25) is 4.98 Å². The molecule has 0 aliphatic rings. The first-order valence-electron chi connectivity index (χ1n) is 9.05. The molecule has 1 aromatic carbocycles. The van der Waals surface area contributed by atoms with Crippen LogP contribution >= 0.6 is 0 Å². The summed E-state index contributed by atoms with van der Waals surface area (Å²) >= 11 is 0. The molecule has 134 valence electrons. The molecule has 26 heavy (non-hydrogen) atoms. The van der Waals surface area contributed by atoms with Crippen molar-refractivity contribution >= 4 is 17.3 Å². The lowest BCUT2D eigenvalue weighted by atomic mass is 10.0. The molecule has 0 bridgehead atoms. The minimum absolute atomic E-state index is 0.699. The second-order valence-electron chi connectivity index (χ2n) is 6.18. The van der Waals surface area contributed by atoms with E-state index in [2.05, 4.69) is 57.6 Å². The number of rotatable bonds is 7. The van der Waals surface area contributed by atoms with Gasteiger partial charge in [-0.15, -0.1) is 0 Å². The van der Waals surface area contributed by atoms with Crippen LogP contribution in [0.15, 0.2) is 48.8 Å². The van der Waals surface area contributed by atoms with E-state index in [4.69, 9.17) is 0 Å². The molecule has 0 aliphatic carbocycles. The van der Waals surface area contributed by atoms with Crippen molar-refractivity contribution in [2.75, 3.05) is 10.6 Å². The van der Waals surface area contributed by atoms with E-state index in [1.807, 2.05) is 25.1 Å². The van der Waals surface area contributed by atoms with Crippen molar-refractivity contribution < 1.29 is 0 Å². The van der Waals surface area contributed by atoms with E-state index >= 15 is 0 Å². The molecule has 2 heterocycles. The third kappa shape index (κ3) is 4.36. The maximum atomic E-state index is 4.56. The Morgan fingerprint density at radius 1 is 0.885 bits per heavy atom. The maximum Gasteiger partial charge on any atom is 0.136 e. The van der Waals surface area contributed by atoms with Crippen LogP contribution in [-0.4, -0.2) is 15.0 Å². The van der Waals surface area contributed by atoms with Crippen molar-refractivity contribution in [1.82, 2.24) is 15.0 Å². The van der Waals surface area contributed by atoms with Gasteiger partial charge in [-0.05, 0) is 48.6 Å². The fraction of sp³-hybridized carbons (Fsp3) is 0.286. The Hall–Kier alpha value is -2.95. The van der Waals surface area contributed by atoms with Gasteiger partial charge in [0.05, 0.1) is 0 Å². The molecule has 0 spiro atoms. The third-order valence-corrected chi connectivity index (χ3v) is 4.31. The molecule has 2 aromatic heterocycles. The predicted octanol–water partition coefficient (Wildman–Crippen LogP) is 4.66. The van der Waals surface area contributed by atoms with E-state index in [-0.39, 0.29) is 0 Å². The van der Waals surface area contributed by atoms with E-state index in [1.165, 1.54) is 11.1 Å². The van der Waals surface area contributed by atoms with Crippen molar-refractivity contribution in [3.8, 4) is 0 Å². The molecule has 2 N–H and O–H groups in total. The standard InChI is InChI=1S/C21H25N5/c1-4-17-7-6-8-18(5-2)21(17)26-20-13-19(24-15(3)25-20)23-14-16-9-11-22-12-10-16/h6-13H,4-5,14H2,1-3H3,(H2,23,24,25,26). The first-order chi connectivity index (χ1) is 12.7. The van der Waals surface area contributed by atoms with Crippen LogP contribution in [0.2, 0.25) is 0 Å². The van der Waals surface area contributed by atoms with Gasteiger partial charge in [0.25, 0.3) is 0 Å². The molecule has 0 aliphatic heterocycles.